The van der Waals surface area contributed by atoms with Crippen LogP contribution in [0.3, 0.4) is 0 Å². The maximum absolute atomic E-state index is 12.0. The van der Waals surface area contributed by atoms with Crippen LogP contribution in [0.5, 0.6) is 0 Å². The Kier molecular flexibility index (Phi) is 4.11. The third-order valence-corrected chi connectivity index (χ3v) is 3.46. The number of amides is 1. The van der Waals surface area contributed by atoms with Crippen LogP contribution < -0.4 is 11.3 Å². The van der Waals surface area contributed by atoms with E-state index in [2.05, 4.69) is 5.43 Å². The van der Waals surface area contributed by atoms with Crippen molar-refractivity contribution in [2.75, 3.05) is 18.5 Å². The SMILES string of the molecule is CCN(CC)C(=O)c1sc(NN)cc1C. The van der Waals surface area contributed by atoms with Crippen molar-refractivity contribution in [3.8, 4) is 0 Å². The number of thiophene rings is 1. The molecule has 4 nitrogen and oxygen atoms in total. The van der Waals surface area contributed by atoms with E-state index in [9.17, 15) is 4.79 Å². The quantitative estimate of drug-likeness (QED) is 0.609. The van der Waals surface area contributed by atoms with Crippen molar-refractivity contribution in [2.45, 2.75) is 20.8 Å². The molecule has 0 saturated carbocycles. The van der Waals surface area contributed by atoms with E-state index in [0.29, 0.717) is 0 Å². The molecule has 0 radical (unpaired) electrons. The van der Waals surface area contributed by atoms with E-state index < -0.39 is 0 Å². The molecule has 0 aliphatic carbocycles. The molecule has 0 atom stereocenters. The molecular formula is C10H17N3OS. The van der Waals surface area contributed by atoms with Crippen LogP contribution in [0.1, 0.15) is 29.1 Å². The van der Waals surface area contributed by atoms with Gasteiger partial charge in [0.25, 0.3) is 5.91 Å². The van der Waals surface area contributed by atoms with Crippen LogP contribution in [0.4, 0.5) is 5.00 Å². The van der Waals surface area contributed by atoms with Gasteiger partial charge in [-0.05, 0) is 32.4 Å². The average molecular weight is 227 g/mol. The summed E-state index contributed by atoms with van der Waals surface area (Å²) < 4.78 is 0. The molecule has 1 amide bonds. The van der Waals surface area contributed by atoms with Crippen LogP contribution in [-0.2, 0) is 0 Å². The first kappa shape index (κ1) is 12.0. The van der Waals surface area contributed by atoms with Crippen molar-refractivity contribution in [3.63, 3.8) is 0 Å². The highest BCUT2D eigenvalue weighted by Gasteiger charge is 2.17. The summed E-state index contributed by atoms with van der Waals surface area (Å²) in [6.07, 6.45) is 0. The number of nitrogen functional groups attached to an aromatic ring is 1. The Balaban J connectivity index is 2.94. The molecule has 0 saturated heterocycles. The van der Waals surface area contributed by atoms with Gasteiger partial charge >= 0.3 is 0 Å². The first-order valence-electron chi connectivity index (χ1n) is 5.00. The summed E-state index contributed by atoms with van der Waals surface area (Å²) in [7, 11) is 0. The number of carbonyl (C=O) groups is 1. The van der Waals surface area contributed by atoms with Gasteiger partial charge in [0.1, 0.15) is 5.00 Å². The number of anilines is 1. The normalized spacial score (nSPS) is 10.1. The van der Waals surface area contributed by atoms with E-state index in [4.69, 9.17) is 5.84 Å². The van der Waals surface area contributed by atoms with E-state index in [1.165, 1.54) is 11.3 Å². The van der Waals surface area contributed by atoms with Crippen LogP contribution in [0, 0.1) is 6.92 Å². The van der Waals surface area contributed by atoms with Gasteiger partial charge in [0, 0.05) is 13.1 Å². The Labute approximate surface area is 94.0 Å². The standard InChI is InChI=1S/C10H17N3OS/c1-4-13(5-2)10(14)9-7(3)6-8(12-11)15-9/h6,12H,4-5,11H2,1-3H3. The van der Waals surface area contributed by atoms with Crippen LogP contribution in [-0.4, -0.2) is 23.9 Å². The third-order valence-electron chi connectivity index (χ3n) is 2.30. The zero-order valence-corrected chi connectivity index (χ0v) is 10.1. The monoisotopic (exact) mass is 227 g/mol. The first-order valence-corrected chi connectivity index (χ1v) is 5.82. The lowest BCUT2D eigenvalue weighted by Gasteiger charge is -2.17. The van der Waals surface area contributed by atoms with Gasteiger partial charge in [-0.2, -0.15) is 0 Å². The van der Waals surface area contributed by atoms with E-state index in [-0.39, 0.29) is 5.91 Å². The molecule has 0 unspecified atom stereocenters. The summed E-state index contributed by atoms with van der Waals surface area (Å²) >= 11 is 1.40. The molecule has 3 N–H and O–H groups in total. The molecule has 0 aliphatic rings. The molecule has 0 aromatic carbocycles. The lowest BCUT2D eigenvalue weighted by molar-refractivity contribution is 0.0777. The lowest BCUT2D eigenvalue weighted by atomic mass is 10.2. The topological polar surface area (TPSA) is 58.4 Å². The van der Waals surface area contributed by atoms with Gasteiger partial charge in [0.15, 0.2) is 0 Å². The molecule has 0 bridgehead atoms. The summed E-state index contributed by atoms with van der Waals surface area (Å²) in [6, 6.07) is 1.89. The molecular weight excluding hydrogens is 210 g/mol. The summed E-state index contributed by atoms with van der Waals surface area (Å²) in [4.78, 5) is 14.6. The minimum Gasteiger partial charge on any atom is -0.338 e. The largest absolute Gasteiger partial charge is 0.338 e. The van der Waals surface area contributed by atoms with Gasteiger partial charge < -0.3 is 10.3 Å². The van der Waals surface area contributed by atoms with Gasteiger partial charge in [-0.25, -0.2) is 5.84 Å². The molecule has 0 aliphatic heterocycles. The molecule has 15 heavy (non-hydrogen) atoms. The minimum atomic E-state index is 0.0870. The number of aryl methyl sites for hydroxylation is 1. The second kappa shape index (κ2) is 5.14. The Bertz CT molecular complexity index is 344. The number of hydrogen-bond acceptors (Lipinski definition) is 4. The second-order valence-corrected chi connectivity index (χ2v) is 4.30. The van der Waals surface area contributed by atoms with Gasteiger partial charge in [-0.1, -0.05) is 0 Å². The van der Waals surface area contributed by atoms with Gasteiger partial charge in [-0.3, -0.25) is 4.79 Å². The number of nitrogens with zero attached hydrogens (tertiary/aromatic N) is 1. The molecule has 5 heteroatoms. The molecule has 1 aromatic rings. The maximum Gasteiger partial charge on any atom is 0.264 e. The zero-order chi connectivity index (χ0) is 11.4. The predicted molar refractivity (Wildman–Crippen MR) is 64.1 cm³/mol. The summed E-state index contributed by atoms with van der Waals surface area (Å²) in [5.41, 5.74) is 3.54. The summed E-state index contributed by atoms with van der Waals surface area (Å²) in [5, 5.41) is 0.822. The lowest BCUT2D eigenvalue weighted by Crippen LogP contribution is -2.30. The number of nitrogens with two attached hydrogens (primary N) is 1. The highest BCUT2D eigenvalue weighted by atomic mass is 32.1. The van der Waals surface area contributed by atoms with Crippen molar-refractivity contribution >= 4 is 22.2 Å². The molecule has 0 fully saturated rings. The van der Waals surface area contributed by atoms with Crippen molar-refractivity contribution in [2.24, 2.45) is 5.84 Å². The van der Waals surface area contributed by atoms with Gasteiger partial charge in [-0.15, -0.1) is 11.3 Å². The van der Waals surface area contributed by atoms with E-state index >= 15 is 0 Å². The highest BCUT2D eigenvalue weighted by Crippen LogP contribution is 2.26. The third kappa shape index (κ3) is 2.49. The van der Waals surface area contributed by atoms with E-state index in [0.717, 1.165) is 28.5 Å². The van der Waals surface area contributed by atoms with E-state index in [1.54, 1.807) is 4.90 Å². The Hall–Kier alpha value is -1.07. The minimum absolute atomic E-state index is 0.0870. The fourth-order valence-electron chi connectivity index (χ4n) is 1.42. The van der Waals surface area contributed by atoms with Crippen molar-refractivity contribution in [1.29, 1.82) is 0 Å². The number of nitrogens with one attached hydrogen (secondary N) is 1. The number of hydrazine groups is 1. The second-order valence-electron chi connectivity index (χ2n) is 3.24. The maximum atomic E-state index is 12.0. The molecule has 1 heterocycles. The highest BCUT2D eigenvalue weighted by molar-refractivity contribution is 7.18. The Morgan fingerprint density at radius 1 is 1.53 bits per heavy atom. The number of carbonyl (C=O) groups excluding carboxylic acids is 1. The zero-order valence-electron chi connectivity index (χ0n) is 9.33. The first-order chi connectivity index (χ1) is 7.13. The van der Waals surface area contributed by atoms with Gasteiger partial charge in [0.2, 0.25) is 0 Å². The average Bonchev–Trinajstić information content (AvgIpc) is 2.61. The van der Waals surface area contributed by atoms with Crippen LogP contribution in [0.2, 0.25) is 0 Å². The molecule has 84 valence electrons. The van der Waals surface area contributed by atoms with Crippen LogP contribution in [0.15, 0.2) is 6.07 Å². The van der Waals surface area contributed by atoms with Gasteiger partial charge in [0.05, 0.1) is 4.88 Å². The van der Waals surface area contributed by atoms with Crippen LogP contribution >= 0.6 is 11.3 Å². The Morgan fingerprint density at radius 3 is 2.53 bits per heavy atom. The number of hydrogen-bond donors (Lipinski definition) is 2. The molecule has 1 rings (SSSR count). The Morgan fingerprint density at radius 2 is 2.13 bits per heavy atom. The van der Waals surface area contributed by atoms with Crippen molar-refractivity contribution in [1.82, 2.24) is 4.90 Å². The number of rotatable bonds is 4. The van der Waals surface area contributed by atoms with E-state index in [1.807, 2.05) is 26.8 Å². The molecule has 0 spiro atoms. The summed E-state index contributed by atoms with van der Waals surface area (Å²) in [6.45, 7) is 7.35. The van der Waals surface area contributed by atoms with Crippen molar-refractivity contribution in [3.05, 3.63) is 16.5 Å². The fourth-order valence-corrected chi connectivity index (χ4v) is 2.37. The predicted octanol–water partition coefficient (Wildman–Crippen LogP) is 1.82. The van der Waals surface area contributed by atoms with Crippen molar-refractivity contribution < 1.29 is 4.79 Å². The summed E-state index contributed by atoms with van der Waals surface area (Å²) in [5.74, 6) is 5.40. The smallest absolute Gasteiger partial charge is 0.264 e. The molecule has 1 aromatic heterocycles. The van der Waals surface area contributed by atoms with Crippen LogP contribution in [0.25, 0.3) is 0 Å². The fraction of sp³-hybridized carbons (Fsp3) is 0.500.